The second-order valence-corrected chi connectivity index (χ2v) is 11.3. The number of esters is 4. The topological polar surface area (TPSA) is 153 Å². The van der Waals surface area contributed by atoms with Gasteiger partial charge in [0.1, 0.15) is 24.6 Å². The van der Waals surface area contributed by atoms with E-state index in [-0.39, 0.29) is 11.7 Å². The van der Waals surface area contributed by atoms with Crippen molar-refractivity contribution in [3.63, 3.8) is 0 Å². The molecule has 5 atom stereocenters. The van der Waals surface area contributed by atoms with E-state index in [0.717, 1.165) is 51.8 Å². The highest BCUT2D eigenvalue weighted by Gasteiger charge is 2.60. The van der Waals surface area contributed by atoms with Gasteiger partial charge >= 0.3 is 23.9 Å². The van der Waals surface area contributed by atoms with E-state index in [1.165, 1.54) is 6.07 Å². The fraction of sp³-hybridized carbons (Fsp3) is 0.500. The molecule has 0 saturated carbocycles. The quantitative estimate of drug-likeness (QED) is 0.297. The number of benzene rings is 2. The largest absolute Gasteiger partial charge is 0.490 e. The van der Waals surface area contributed by atoms with Crippen molar-refractivity contribution in [2.24, 2.45) is 0 Å². The number of hydrogen-bond acceptors (Lipinski definition) is 12. The Kier molecular flexibility index (Phi) is 11.4. The van der Waals surface area contributed by atoms with Gasteiger partial charge in [-0.25, -0.2) is 0 Å². The molecule has 2 aliphatic heterocycles. The van der Waals surface area contributed by atoms with Crippen LogP contribution in [0.4, 0.5) is 0 Å². The van der Waals surface area contributed by atoms with Crippen molar-refractivity contribution in [2.45, 2.75) is 83.3 Å². The monoisotopic (exact) mass is 648 g/mol. The number of aliphatic hydroxyl groups is 1. The second-order valence-electron chi connectivity index (χ2n) is 10.9. The predicted molar refractivity (Wildman–Crippen MR) is 157 cm³/mol. The minimum atomic E-state index is -2.46. The zero-order valence-corrected chi connectivity index (χ0v) is 26.2. The Hall–Kier alpha value is -3.71. The number of halogens is 1. The molecule has 1 N–H and O–H groups in total. The van der Waals surface area contributed by atoms with Crippen LogP contribution < -0.4 is 4.74 Å². The summed E-state index contributed by atoms with van der Waals surface area (Å²) in [5, 5.41) is 12.5. The number of rotatable bonds is 10. The van der Waals surface area contributed by atoms with Crippen LogP contribution in [0.1, 0.15) is 57.2 Å². The lowest BCUT2D eigenvalue weighted by molar-refractivity contribution is -0.360. The molecule has 4 rings (SSSR count). The molecule has 0 amide bonds. The van der Waals surface area contributed by atoms with Crippen LogP contribution >= 0.6 is 11.6 Å². The van der Waals surface area contributed by atoms with E-state index in [1.54, 1.807) is 12.1 Å². The number of hydrogen-bond donors (Lipinski definition) is 1. The summed E-state index contributed by atoms with van der Waals surface area (Å²) in [4.78, 5) is 48.2. The van der Waals surface area contributed by atoms with E-state index in [0.29, 0.717) is 30.2 Å². The van der Waals surface area contributed by atoms with Gasteiger partial charge in [0.05, 0.1) is 13.2 Å². The second kappa shape index (κ2) is 15.0. The molecule has 2 aliphatic rings. The molecule has 12 nitrogen and oxygen atoms in total. The van der Waals surface area contributed by atoms with Crippen LogP contribution in [0, 0.1) is 0 Å². The molecule has 2 aromatic rings. The zero-order chi connectivity index (χ0) is 32.7. The van der Waals surface area contributed by atoms with Crippen LogP contribution in [-0.4, -0.2) is 79.3 Å². The van der Waals surface area contributed by atoms with Gasteiger partial charge < -0.3 is 38.3 Å². The van der Waals surface area contributed by atoms with E-state index in [9.17, 15) is 24.3 Å². The summed E-state index contributed by atoms with van der Waals surface area (Å²) in [6, 6.07) is 12.1. The van der Waals surface area contributed by atoms with Gasteiger partial charge in [-0.3, -0.25) is 19.2 Å². The first kappa shape index (κ1) is 34.2. The third-order valence-corrected chi connectivity index (χ3v) is 7.67. The lowest BCUT2D eigenvalue weighted by Gasteiger charge is -2.48. The van der Waals surface area contributed by atoms with Gasteiger partial charge in [0.2, 0.25) is 11.9 Å². The molecule has 0 aromatic heterocycles. The van der Waals surface area contributed by atoms with Gasteiger partial charge in [0, 0.05) is 51.1 Å². The van der Waals surface area contributed by atoms with Crippen LogP contribution in [0.2, 0.25) is 5.02 Å². The Labute approximate surface area is 265 Å². The fourth-order valence-corrected chi connectivity index (χ4v) is 5.52. The molecule has 0 radical (unpaired) electrons. The molecule has 45 heavy (non-hydrogen) atoms. The van der Waals surface area contributed by atoms with Gasteiger partial charge in [-0.1, -0.05) is 29.8 Å². The van der Waals surface area contributed by atoms with Gasteiger partial charge in [-0.05, 0) is 41.8 Å². The first-order valence-electron chi connectivity index (χ1n) is 14.5. The predicted octanol–water partition coefficient (Wildman–Crippen LogP) is 3.39. The maximum atomic E-state index is 12.3. The molecule has 2 heterocycles. The molecular formula is C32H37ClO12. The molecule has 2 aromatic carbocycles. The van der Waals surface area contributed by atoms with Crippen molar-refractivity contribution in [1.29, 1.82) is 0 Å². The van der Waals surface area contributed by atoms with Crippen LogP contribution in [0.25, 0.3) is 0 Å². The molecule has 0 aliphatic carbocycles. The highest BCUT2D eigenvalue weighted by atomic mass is 35.5. The van der Waals surface area contributed by atoms with Crippen molar-refractivity contribution < 1.29 is 57.4 Å². The average molecular weight is 649 g/mol. The van der Waals surface area contributed by atoms with Crippen molar-refractivity contribution in [3.8, 4) is 5.75 Å². The first-order chi connectivity index (χ1) is 21.4. The van der Waals surface area contributed by atoms with Crippen LogP contribution in [0.3, 0.4) is 0 Å². The fourth-order valence-electron chi connectivity index (χ4n) is 5.34. The van der Waals surface area contributed by atoms with Crippen molar-refractivity contribution in [1.82, 2.24) is 0 Å². The summed E-state index contributed by atoms with van der Waals surface area (Å²) in [5.41, 5.74) is 1.58. The standard InChI is InChI=1S/C32H37ClO12/c1-18(34)40-17-28-29(41-19(2)35)30(42-20(3)36)31(43-21(4)37)32(38,45-28)24-7-10-27(33)23(16-24)15-22-5-8-25(9-6-22)44-26-11-13-39-14-12-26/h5-10,16,26,28-31,38H,11-15,17H2,1-4H3/t28-,29-,30+,31-,32+/m1/s1. The molecule has 2 fully saturated rings. The van der Waals surface area contributed by atoms with Gasteiger partial charge in [0.25, 0.3) is 0 Å². The van der Waals surface area contributed by atoms with Gasteiger partial charge in [-0.2, -0.15) is 0 Å². The summed E-state index contributed by atoms with van der Waals surface area (Å²) in [7, 11) is 0. The maximum Gasteiger partial charge on any atom is 0.303 e. The van der Waals surface area contributed by atoms with Gasteiger partial charge in [-0.15, -0.1) is 0 Å². The molecule has 13 heteroatoms. The minimum absolute atomic E-state index is 0.0954. The first-order valence-corrected chi connectivity index (χ1v) is 14.9. The van der Waals surface area contributed by atoms with Crippen molar-refractivity contribution >= 4 is 35.5 Å². The summed E-state index contributed by atoms with van der Waals surface area (Å²) < 4.78 is 39.0. The highest BCUT2D eigenvalue weighted by Crippen LogP contribution is 2.42. The van der Waals surface area contributed by atoms with Gasteiger partial charge in [0.15, 0.2) is 12.2 Å². The summed E-state index contributed by atoms with van der Waals surface area (Å²) in [6.45, 7) is 5.33. The highest BCUT2D eigenvalue weighted by molar-refractivity contribution is 6.31. The minimum Gasteiger partial charge on any atom is -0.490 e. The van der Waals surface area contributed by atoms with Crippen LogP contribution in [0.15, 0.2) is 42.5 Å². The van der Waals surface area contributed by atoms with E-state index in [4.69, 9.17) is 44.8 Å². The molecule has 0 bridgehead atoms. The van der Waals surface area contributed by atoms with E-state index in [1.807, 2.05) is 24.3 Å². The Morgan fingerprint density at radius 1 is 0.867 bits per heavy atom. The SMILES string of the molecule is CC(=O)OC[C@H]1O[C@@](O)(c2ccc(Cl)c(Cc3ccc(OC4CCOCC4)cc3)c2)[C@H](OC(C)=O)[C@@H](OC(C)=O)[C@@H]1OC(C)=O. The Balaban J connectivity index is 1.68. The third-order valence-electron chi connectivity index (χ3n) is 7.30. The lowest BCUT2D eigenvalue weighted by atomic mass is 9.86. The van der Waals surface area contributed by atoms with E-state index < -0.39 is 60.7 Å². The zero-order valence-electron chi connectivity index (χ0n) is 25.5. The molecule has 0 spiro atoms. The lowest BCUT2D eigenvalue weighted by Crippen LogP contribution is -2.66. The molecular weight excluding hydrogens is 612 g/mol. The van der Waals surface area contributed by atoms with Crippen LogP contribution in [-0.2, 0) is 59.8 Å². The summed E-state index contributed by atoms with van der Waals surface area (Å²) in [5.74, 6) is -4.83. The maximum absolute atomic E-state index is 12.3. The Morgan fingerprint density at radius 3 is 2.09 bits per heavy atom. The molecule has 2 saturated heterocycles. The number of carbonyl (C=O) groups excluding carboxylic acids is 4. The average Bonchev–Trinajstić information content (AvgIpc) is 2.97. The number of carbonyl (C=O) groups is 4. The molecule has 0 unspecified atom stereocenters. The molecule has 244 valence electrons. The van der Waals surface area contributed by atoms with Crippen LogP contribution in [0.5, 0.6) is 5.75 Å². The van der Waals surface area contributed by atoms with E-state index >= 15 is 0 Å². The smallest absolute Gasteiger partial charge is 0.303 e. The summed E-state index contributed by atoms with van der Waals surface area (Å²) in [6.07, 6.45) is -3.90. The third kappa shape index (κ3) is 8.94. The van der Waals surface area contributed by atoms with Crippen molar-refractivity contribution in [3.05, 3.63) is 64.2 Å². The Bertz CT molecular complexity index is 1370. The van der Waals surface area contributed by atoms with Crippen molar-refractivity contribution in [2.75, 3.05) is 19.8 Å². The Morgan fingerprint density at radius 2 is 1.49 bits per heavy atom. The van der Waals surface area contributed by atoms with E-state index in [2.05, 4.69) is 0 Å². The number of ether oxygens (including phenoxy) is 7. The summed E-state index contributed by atoms with van der Waals surface area (Å²) >= 11 is 6.57. The normalized spacial score (nSPS) is 25.1.